The van der Waals surface area contributed by atoms with Gasteiger partial charge in [0.25, 0.3) is 0 Å². The topological polar surface area (TPSA) is 120 Å². The summed E-state index contributed by atoms with van der Waals surface area (Å²) >= 11 is 0. The van der Waals surface area contributed by atoms with Crippen LogP contribution in [0.2, 0.25) is 0 Å². The van der Waals surface area contributed by atoms with Crippen molar-refractivity contribution >= 4 is 28.0 Å². The molecule has 158 valence electrons. The summed E-state index contributed by atoms with van der Waals surface area (Å²) in [5.41, 5.74) is 7.18. The molecule has 0 unspecified atom stereocenters. The molecule has 8 heteroatoms. The number of nitrogens with zero attached hydrogens (tertiary/aromatic N) is 2. The lowest BCUT2D eigenvalue weighted by Gasteiger charge is -2.10. The number of amides is 1. The van der Waals surface area contributed by atoms with Gasteiger partial charge in [0.05, 0.1) is 6.54 Å². The largest absolute Gasteiger partial charge is 0.448 e. The molecule has 2 aromatic heterocycles. The van der Waals surface area contributed by atoms with E-state index in [9.17, 15) is 19.6 Å². The Hall–Kier alpha value is -4.59. The van der Waals surface area contributed by atoms with E-state index in [1.807, 2.05) is 30.3 Å². The maximum absolute atomic E-state index is 12.7. The Balaban J connectivity index is 1.60. The van der Waals surface area contributed by atoms with Crippen LogP contribution in [0.1, 0.15) is 15.9 Å². The number of hydrogen-bond acceptors (Lipinski definition) is 5. The van der Waals surface area contributed by atoms with E-state index in [0.717, 1.165) is 16.7 Å². The first-order valence-corrected chi connectivity index (χ1v) is 9.79. The number of carbonyl (C=O) groups excluding carboxylic acids is 1. The van der Waals surface area contributed by atoms with Gasteiger partial charge in [-0.3, -0.25) is 14.2 Å². The van der Waals surface area contributed by atoms with Gasteiger partial charge in [-0.1, -0.05) is 53.3 Å². The van der Waals surface area contributed by atoms with E-state index in [4.69, 9.17) is 10.2 Å². The predicted molar refractivity (Wildman–Crippen MR) is 119 cm³/mol. The lowest BCUT2D eigenvalue weighted by Crippen LogP contribution is -2.38. The van der Waals surface area contributed by atoms with Gasteiger partial charge in [-0.15, -0.1) is 0 Å². The van der Waals surface area contributed by atoms with Crippen LogP contribution < -0.4 is 17.0 Å². The molecule has 2 heterocycles. The zero-order valence-corrected chi connectivity index (χ0v) is 16.7. The molecule has 0 saturated carbocycles. The Morgan fingerprint density at radius 1 is 0.938 bits per heavy atom. The molecule has 5 aromatic rings. The molecule has 0 bridgehead atoms. The van der Waals surface area contributed by atoms with Crippen LogP contribution in [0.5, 0.6) is 0 Å². The summed E-state index contributed by atoms with van der Waals surface area (Å²) in [6, 6.07) is 21.4. The molecule has 1 amide bonds. The van der Waals surface area contributed by atoms with Crippen LogP contribution in [0.4, 0.5) is 0 Å². The quantitative estimate of drug-likeness (QED) is 0.427. The summed E-state index contributed by atoms with van der Waals surface area (Å²) in [6.07, 6.45) is 0. The van der Waals surface area contributed by atoms with Crippen molar-refractivity contribution in [1.29, 1.82) is 0 Å². The zero-order chi connectivity index (χ0) is 22.4. The van der Waals surface area contributed by atoms with Gasteiger partial charge in [0.15, 0.2) is 0 Å². The van der Waals surface area contributed by atoms with E-state index in [-0.39, 0.29) is 16.9 Å². The minimum absolute atomic E-state index is 0.0639. The van der Waals surface area contributed by atoms with Gasteiger partial charge in [-0.2, -0.15) is 0 Å². The lowest BCUT2D eigenvalue weighted by molar-refractivity contribution is 0.100. The molecule has 0 atom stereocenters. The highest BCUT2D eigenvalue weighted by Gasteiger charge is 2.19. The second-order valence-corrected chi connectivity index (χ2v) is 7.40. The van der Waals surface area contributed by atoms with Crippen molar-refractivity contribution < 1.29 is 14.4 Å². The number of rotatable bonds is 4. The van der Waals surface area contributed by atoms with Crippen molar-refractivity contribution in [2.24, 2.45) is 5.73 Å². The summed E-state index contributed by atoms with van der Waals surface area (Å²) in [4.78, 5) is 36.5. The molecule has 32 heavy (non-hydrogen) atoms. The number of benzene rings is 3. The molecule has 0 aliphatic carbocycles. The average molecular weight is 427 g/mol. The van der Waals surface area contributed by atoms with Crippen molar-refractivity contribution in [2.45, 2.75) is 6.54 Å². The molecule has 0 aliphatic rings. The molecular formula is C24H17N3O5. The van der Waals surface area contributed by atoms with Crippen molar-refractivity contribution in [1.82, 2.24) is 9.30 Å². The number of aromatic nitrogens is 2. The summed E-state index contributed by atoms with van der Waals surface area (Å²) in [7, 11) is 0. The van der Waals surface area contributed by atoms with E-state index in [1.54, 1.807) is 42.5 Å². The Kier molecular flexibility index (Phi) is 4.41. The molecule has 0 radical (unpaired) electrons. The second-order valence-electron chi connectivity index (χ2n) is 7.40. The molecule has 3 aromatic carbocycles. The highest BCUT2D eigenvalue weighted by molar-refractivity contribution is 6.02. The molecule has 0 aliphatic heterocycles. The van der Waals surface area contributed by atoms with Crippen molar-refractivity contribution in [3.05, 3.63) is 105 Å². The van der Waals surface area contributed by atoms with Crippen molar-refractivity contribution in [3.8, 4) is 11.1 Å². The van der Waals surface area contributed by atoms with E-state index in [0.29, 0.717) is 22.0 Å². The summed E-state index contributed by atoms with van der Waals surface area (Å²) < 4.78 is 6.99. The summed E-state index contributed by atoms with van der Waals surface area (Å²) in [6.45, 7) is 0.112. The van der Waals surface area contributed by atoms with E-state index in [1.165, 1.54) is 4.57 Å². The van der Waals surface area contributed by atoms with E-state index in [2.05, 4.69) is 0 Å². The first-order chi connectivity index (χ1) is 15.4. The third kappa shape index (κ3) is 3.05. The minimum Gasteiger partial charge on any atom is -0.448 e. The number of nitrogens with two attached hydrogens (primary N) is 1. The number of carbonyl (C=O) groups is 1. The number of hydrogen-bond donors (Lipinski definition) is 2. The van der Waals surface area contributed by atoms with Crippen LogP contribution in [0, 0.1) is 0 Å². The highest BCUT2D eigenvalue weighted by atomic mass is 16.5. The van der Waals surface area contributed by atoms with Crippen LogP contribution in [0.15, 0.2) is 86.8 Å². The molecule has 0 spiro atoms. The third-order valence-electron chi connectivity index (χ3n) is 5.41. The molecule has 0 saturated heterocycles. The standard InChI is InChI=1S/C24H17N3O5/c25-22(28)17-5-3-4-16(12-17)15-10-8-14(9-11-15)13-26-20-18-6-1-2-7-19(18)32-21(20)23(29)27(31)24(26)30/h1-12,31H,13H2,(H2,25,28). The molecule has 8 nitrogen and oxygen atoms in total. The number of fused-ring (bicyclic) bond motifs is 3. The molecule has 3 N–H and O–H groups in total. The zero-order valence-electron chi connectivity index (χ0n) is 16.7. The Morgan fingerprint density at radius 2 is 1.69 bits per heavy atom. The maximum Gasteiger partial charge on any atom is 0.365 e. The van der Waals surface area contributed by atoms with Gasteiger partial charge < -0.3 is 15.4 Å². The summed E-state index contributed by atoms with van der Waals surface area (Å²) in [5, 5.41) is 10.6. The van der Waals surface area contributed by atoms with Gasteiger partial charge in [0.1, 0.15) is 11.1 Å². The Morgan fingerprint density at radius 3 is 2.44 bits per heavy atom. The fraction of sp³-hybridized carbons (Fsp3) is 0.0417. The minimum atomic E-state index is -0.901. The van der Waals surface area contributed by atoms with Crippen molar-refractivity contribution in [2.75, 3.05) is 0 Å². The van der Waals surface area contributed by atoms with Crippen LogP contribution in [-0.4, -0.2) is 20.4 Å². The fourth-order valence-corrected chi connectivity index (χ4v) is 3.82. The predicted octanol–water partition coefficient (Wildman–Crippen LogP) is 2.96. The van der Waals surface area contributed by atoms with Gasteiger partial charge in [-0.05, 0) is 41.0 Å². The lowest BCUT2D eigenvalue weighted by atomic mass is 10.0. The third-order valence-corrected chi connectivity index (χ3v) is 5.41. The van der Waals surface area contributed by atoms with E-state index >= 15 is 0 Å². The first kappa shape index (κ1) is 19.4. The molecule has 0 fully saturated rings. The normalized spacial score (nSPS) is 11.2. The number of primary amides is 1. The van der Waals surface area contributed by atoms with Gasteiger partial charge in [0.2, 0.25) is 11.5 Å². The Bertz CT molecular complexity index is 1620. The van der Waals surface area contributed by atoms with Gasteiger partial charge >= 0.3 is 11.2 Å². The van der Waals surface area contributed by atoms with Gasteiger partial charge in [-0.25, -0.2) is 4.79 Å². The smallest absolute Gasteiger partial charge is 0.365 e. The van der Waals surface area contributed by atoms with Crippen LogP contribution in [0.25, 0.3) is 33.2 Å². The number of para-hydroxylation sites is 1. The molecular weight excluding hydrogens is 410 g/mol. The average Bonchev–Trinajstić information content (AvgIpc) is 3.20. The van der Waals surface area contributed by atoms with Crippen LogP contribution in [-0.2, 0) is 6.54 Å². The first-order valence-electron chi connectivity index (χ1n) is 9.79. The molecule has 5 rings (SSSR count). The fourth-order valence-electron chi connectivity index (χ4n) is 3.82. The maximum atomic E-state index is 12.7. The second kappa shape index (κ2) is 7.28. The Labute approximate surface area is 180 Å². The van der Waals surface area contributed by atoms with Crippen molar-refractivity contribution in [3.63, 3.8) is 0 Å². The van der Waals surface area contributed by atoms with E-state index < -0.39 is 17.2 Å². The monoisotopic (exact) mass is 427 g/mol. The summed E-state index contributed by atoms with van der Waals surface area (Å²) in [5.74, 6) is -0.502. The number of furan rings is 1. The van der Waals surface area contributed by atoms with Gasteiger partial charge in [0, 0.05) is 10.9 Å². The SMILES string of the molecule is NC(=O)c1cccc(-c2ccc(Cn3c(=O)n(O)c(=O)c4oc5ccccc5c43)cc2)c1. The highest BCUT2D eigenvalue weighted by Crippen LogP contribution is 2.26. The van der Waals surface area contributed by atoms with Crippen LogP contribution >= 0.6 is 0 Å². The van der Waals surface area contributed by atoms with Crippen LogP contribution in [0.3, 0.4) is 0 Å².